The molecule has 0 unspecified atom stereocenters. The lowest BCUT2D eigenvalue weighted by atomic mass is 10.2. The fourth-order valence-electron chi connectivity index (χ4n) is 1.54. The Labute approximate surface area is 79.3 Å². The van der Waals surface area contributed by atoms with Gasteiger partial charge in [0, 0.05) is 5.39 Å². The van der Waals surface area contributed by atoms with Crippen molar-refractivity contribution in [2.75, 3.05) is 0 Å². The number of carboxylic acid groups (broad SMARTS) is 1. The fourth-order valence-corrected chi connectivity index (χ4v) is 1.54. The van der Waals surface area contributed by atoms with Crippen molar-refractivity contribution in [2.24, 2.45) is 0 Å². The highest BCUT2D eigenvalue weighted by Crippen LogP contribution is 2.23. The lowest BCUT2D eigenvalue weighted by Crippen LogP contribution is -2.01. The van der Waals surface area contributed by atoms with Crippen LogP contribution >= 0.6 is 0 Å². The van der Waals surface area contributed by atoms with Crippen molar-refractivity contribution in [2.45, 2.75) is 6.92 Å². The molecule has 0 aliphatic rings. The van der Waals surface area contributed by atoms with E-state index in [1.807, 2.05) is 0 Å². The largest absolute Gasteiger partial charge is 0.476 e. The Balaban J connectivity index is 2.87. The molecule has 1 N–H and O–H groups in total. The summed E-state index contributed by atoms with van der Waals surface area (Å²) in [7, 11) is 0. The summed E-state index contributed by atoms with van der Waals surface area (Å²) in [6.07, 6.45) is 0. The highest BCUT2D eigenvalue weighted by molar-refractivity contribution is 5.95. The number of fused-ring (bicyclic) bond motifs is 1. The van der Waals surface area contributed by atoms with Crippen LogP contribution in [0.5, 0.6) is 0 Å². The smallest absolute Gasteiger partial charge is 0.355 e. The summed E-state index contributed by atoms with van der Waals surface area (Å²) in [4.78, 5) is 10.9. The third-order valence-corrected chi connectivity index (χ3v) is 2.19. The number of carboxylic acids is 1. The number of hydrogen-bond acceptors (Lipinski definition) is 1. The molecular weight excluding hydrogens is 185 g/mol. The van der Waals surface area contributed by atoms with Gasteiger partial charge >= 0.3 is 5.97 Å². The molecule has 3 nitrogen and oxygen atoms in total. The van der Waals surface area contributed by atoms with Gasteiger partial charge in [-0.25, -0.2) is 4.79 Å². The number of carbonyl (C=O) groups is 1. The quantitative estimate of drug-likeness (QED) is 0.755. The van der Waals surface area contributed by atoms with Gasteiger partial charge in [0.25, 0.3) is 0 Å². The second-order valence-electron chi connectivity index (χ2n) is 3.13. The Hall–Kier alpha value is -1.84. The number of aromatic nitrogens is 1. The van der Waals surface area contributed by atoms with Crippen LogP contribution in [0.25, 0.3) is 10.9 Å². The molecule has 0 aliphatic heterocycles. The van der Waals surface area contributed by atoms with Crippen LogP contribution in [-0.2, 0) is 0 Å². The molecular formula is C10H8FNO2. The lowest BCUT2D eigenvalue weighted by Gasteiger charge is -1.97. The molecule has 0 fully saturated rings. The summed E-state index contributed by atoms with van der Waals surface area (Å²) in [5, 5.41) is 9.30. The van der Waals surface area contributed by atoms with E-state index in [-0.39, 0.29) is 10.5 Å². The summed E-state index contributed by atoms with van der Waals surface area (Å²) in [5.41, 5.74) is 0.705. The van der Waals surface area contributed by atoms with Gasteiger partial charge in [0.2, 0.25) is 0 Å². The Bertz CT molecular complexity index is 516. The van der Waals surface area contributed by atoms with E-state index < -0.39 is 5.97 Å². The van der Waals surface area contributed by atoms with Gasteiger partial charge in [-0.3, -0.25) is 0 Å². The van der Waals surface area contributed by atoms with Crippen molar-refractivity contribution in [1.82, 2.24) is 4.79 Å². The van der Waals surface area contributed by atoms with E-state index in [0.29, 0.717) is 10.9 Å². The van der Waals surface area contributed by atoms with E-state index in [1.165, 1.54) is 6.07 Å². The molecule has 0 aliphatic carbocycles. The number of halogens is 1. The molecule has 0 saturated carbocycles. The normalized spacial score (nSPS) is 10.7. The maximum Gasteiger partial charge on any atom is 0.355 e. The van der Waals surface area contributed by atoms with E-state index in [0.717, 1.165) is 5.56 Å². The Kier molecular flexibility index (Phi) is 1.77. The summed E-state index contributed by atoms with van der Waals surface area (Å²) in [5.74, 6) is -1.26. The Morgan fingerprint density at radius 3 is 2.79 bits per heavy atom. The molecule has 0 radical (unpaired) electrons. The monoisotopic (exact) mass is 193 g/mol. The molecule has 1 aromatic heterocycles. The molecule has 2 rings (SSSR count). The van der Waals surface area contributed by atoms with Crippen molar-refractivity contribution in [3.05, 3.63) is 35.5 Å². The molecule has 4 heteroatoms. The zero-order valence-electron chi connectivity index (χ0n) is 7.49. The van der Waals surface area contributed by atoms with Gasteiger partial charge in [-0.05, 0) is 18.6 Å². The van der Waals surface area contributed by atoms with Gasteiger partial charge in [-0.1, -0.05) is 22.7 Å². The van der Waals surface area contributed by atoms with Crippen LogP contribution in [0.15, 0.2) is 24.3 Å². The zero-order valence-corrected chi connectivity index (χ0v) is 7.49. The molecule has 2 aromatic rings. The molecule has 0 spiro atoms. The predicted molar refractivity (Wildman–Crippen MR) is 50.1 cm³/mol. The Morgan fingerprint density at radius 2 is 2.21 bits per heavy atom. The molecule has 1 heterocycles. The van der Waals surface area contributed by atoms with Crippen LogP contribution in [0.1, 0.15) is 16.1 Å². The minimum atomic E-state index is -1.26. The van der Waals surface area contributed by atoms with E-state index in [4.69, 9.17) is 5.11 Å². The van der Waals surface area contributed by atoms with Crippen molar-refractivity contribution in [1.29, 1.82) is 0 Å². The first kappa shape index (κ1) is 8.74. The number of para-hydroxylation sites is 1. The van der Waals surface area contributed by atoms with E-state index in [9.17, 15) is 9.28 Å². The molecule has 1 aromatic carbocycles. The van der Waals surface area contributed by atoms with Gasteiger partial charge in [0.1, 0.15) is 0 Å². The first-order valence-corrected chi connectivity index (χ1v) is 4.12. The predicted octanol–water partition coefficient (Wildman–Crippen LogP) is 2.38. The number of benzene rings is 1. The third-order valence-electron chi connectivity index (χ3n) is 2.19. The molecule has 14 heavy (non-hydrogen) atoms. The summed E-state index contributed by atoms with van der Waals surface area (Å²) >= 11 is 0. The number of aromatic carboxylic acids is 1. The van der Waals surface area contributed by atoms with Crippen LogP contribution in [0.2, 0.25) is 0 Å². The van der Waals surface area contributed by atoms with Gasteiger partial charge in [-0.15, -0.1) is 0 Å². The maximum atomic E-state index is 13.5. The standard InChI is InChI=1S/C10H8FNO2/c1-6-3-2-4-7-5-8(10(13)14)12(11)9(6)7/h2-5H,1H3,(H,13,14). The maximum absolute atomic E-state index is 13.5. The van der Waals surface area contributed by atoms with E-state index >= 15 is 0 Å². The number of aryl methyl sites for hydroxylation is 1. The lowest BCUT2D eigenvalue weighted by molar-refractivity contribution is 0.0674. The van der Waals surface area contributed by atoms with Crippen LogP contribution in [0.4, 0.5) is 4.48 Å². The SMILES string of the molecule is Cc1cccc2cc(C(=O)O)n(F)c12. The van der Waals surface area contributed by atoms with Gasteiger partial charge in [0.15, 0.2) is 5.69 Å². The van der Waals surface area contributed by atoms with Gasteiger partial charge in [0.05, 0.1) is 5.52 Å². The molecule has 0 atom stereocenters. The number of hydrogen-bond donors (Lipinski definition) is 1. The van der Waals surface area contributed by atoms with Crippen LogP contribution < -0.4 is 0 Å². The van der Waals surface area contributed by atoms with Crippen LogP contribution in [-0.4, -0.2) is 15.9 Å². The minimum Gasteiger partial charge on any atom is -0.476 e. The highest BCUT2D eigenvalue weighted by Gasteiger charge is 2.15. The summed E-state index contributed by atoms with van der Waals surface area (Å²) in [6.45, 7) is 1.74. The third kappa shape index (κ3) is 1.08. The topological polar surface area (TPSA) is 42.2 Å². The second kappa shape index (κ2) is 2.83. The van der Waals surface area contributed by atoms with Crippen molar-refractivity contribution in [3.63, 3.8) is 0 Å². The van der Waals surface area contributed by atoms with Gasteiger partial charge < -0.3 is 5.11 Å². The highest BCUT2D eigenvalue weighted by atomic mass is 19.2. The minimum absolute atomic E-state index is 0.215. The average molecular weight is 193 g/mol. The van der Waals surface area contributed by atoms with E-state index in [2.05, 4.69) is 0 Å². The molecule has 0 saturated heterocycles. The summed E-state index contributed by atoms with van der Waals surface area (Å²) in [6, 6.07) is 6.52. The first-order chi connectivity index (χ1) is 6.61. The zero-order chi connectivity index (χ0) is 10.3. The molecule has 0 bridgehead atoms. The van der Waals surface area contributed by atoms with Gasteiger partial charge in [-0.2, -0.15) is 4.79 Å². The number of rotatable bonds is 1. The van der Waals surface area contributed by atoms with Crippen molar-refractivity contribution in [3.8, 4) is 0 Å². The first-order valence-electron chi connectivity index (χ1n) is 4.12. The van der Waals surface area contributed by atoms with Crippen molar-refractivity contribution >= 4 is 16.9 Å². The van der Waals surface area contributed by atoms with E-state index in [1.54, 1.807) is 25.1 Å². The molecule has 0 amide bonds. The molecule has 72 valence electrons. The number of nitrogens with zero attached hydrogens (tertiary/aromatic N) is 1. The summed E-state index contributed by atoms with van der Waals surface area (Å²) < 4.78 is 13.5. The Morgan fingerprint density at radius 1 is 1.50 bits per heavy atom. The average Bonchev–Trinajstić information content (AvgIpc) is 2.45. The van der Waals surface area contributed by atoms with Crippen LogP contribution in [0, 0.1) is 6.92 Å². The van der Waals surface area contributed by atoms with Crippen molar-refractivity contribution < 1.29 is 14.4 Å². The second-order valence-corrected chi connectivity index (χ2v) is 3.13. The fraction of sp³-hybridized carbons (Fsp3) is 0.100. The van der Waals surface area contributed by atoms with Crippen LogP contribution in [0.3, 0.4) is 0 Å².